The predicted octanol–water partition coefficient (Wildman–Crippen LogP) is 3.26. The van der Waals surface area contributed by atoms with Crippen LogP contribution in [0.4, 0.5) is 5.69 Å². The highest BCUT2D eigenvalue weighted by Gasteiger charge is 2.48. The molecule has 1 amide bonds. The van der Waals surface area contributed by atoms with Crippen molar-refractivity contribution in [2.75, 3.05) is 11.4 Å². The Balaban J connectivity index is 1.77. The van der Waals surface area contributed by atoms with Crippen molar-refractivity contribution in [1.29, 1.82) is 0 Å². The number of hydrogen-bond donors (Lipinski definition) is 0. The molecule has 2 fully saturated rings. The predicted molar refractivity (Wildman–Crippen MR) is 71.7 cm³/mol. The van der Waals surface area contributed by atoms with E-state index >= 15 is 0 Å². The Morgan fingerprint density at radius 3 is 2.61 bits per heavy atom. The molecular formula is C16H19NO. The first-order chi connectivity index (χ1) is 8.80. The molecule has 4 rings (SSSR count). The van der Waals surface area contributed by atoms with Gasteiger partial charge in [-0.15, -0.1) is 0 Å². The molecule has 0 atom stereocenters. The second kappa shape index (κ2) is 3.59. The Morgan fingerprint density at radius 2 is 1.89 bits per heavy atom. The quantitative estimate of drug-likeness (QED) is 0.739. The Labute approximate surface area is 108 Å². The number of carbonyl (C=O) groups is 1. The lowest BCUT2D eigenvalue weighted by molar-refractivity contribution is -0.119. The monoisotopic (exact) mass is 241 g/mol. The summed E-state index contributed by atoms with van der Waals surface area (Å²) >= 11 is 0. The summed E-state index contributed by atoms with van der Waals surface area (Å²) in [6.07, 6.45) is 7.37. The molecule has 94 valence electrons. The highest BCUT2D eigenvalue weighted by Crippen LogP contribution is 2.51. The maximum atomic E-state index is 12.4. The Hall–Kier alpha value is -1.31. The van der Waals surface area contributed by atoms with E-state index in [1.54, 1.807) is 0 Å². The lowest BCUT2D eigenvalue weighted by atomic mass is 9.81. The average molecular weight is 241 g/mol. The minimum atomic E-state index is 0.293. The molecule has 0 N–H and O–H groups in total. The van der Waals surface area contributed by atoms with Crippen LogP contribution in [0.1, 0.15) is 44.1 Å². The van der Waals surface area contributed by atoms with Gasteiger partial charge in [-0.05, 0) is 37.3 Å². The van der Waals surface area contributed by atoms with E-state index < -0.39 is 0 Å². The summed E-state index contributed by atoms with van der Waals surface area (Å²) in [6, 6.07) is 8.59. The number of fused-ring (bicyclic) bond motifs is 2. The van der Waals surface area contributed by atoms with Crippen molar-refractivity contribution >= 4 is 11.6 Å². The Kier molecular flexibility index (Phi) is 2.12. The van der Waals surface area contributed by atoms with Gasteiger partial charge in [0.25, 0.3) is 0 Å². The highest BCUT2D eigenvalue weighted by molar-refractivity contribution is 5.99. The largest absolute Gasteiger partial charge is 0.311 e. The molecule has 1 aliphatic heterocycles. The Bertz CT molecular complexity index is 498. The third-order valence-electron chi connectivity index (χ3n) is 4.98. The zero-order valence-electron chi connectivity index (χ0n) is 10.7. The van der Waals surface area contributed by atoms with E-state index in [0.29, 0.717) is 17.2 Å². The number of rotatable bonds is 1. The van der Waals surface area contributed by atoms with Crippen LogP contribution in [0.2, 0.25) is 0 Å². The number of amides is 1. The van der Waals surface area contributed by atoms with Gasteiger partial charge < -0.3 is 4.90 Å². The van der Waals surface area contributed by atoms with Crippen molar-refractivity contribution in [2.45, 2.75) is 43.9 Å². The summed E-state index contributed by atoms with van der Waals surface area (Å²) in [5, 5.41) is 0. The molecule has 0 bridgehead atoms. The van der Waals surface area contributed by atoms with Crippen molar-refractivity contribution in [2.24, 2.45) is 5.92 Å². The minimum absolute atomic E-state index is 0.293. The van der Waals surface area contributed by atoms with Crippen molar-refractivity contribution in [3.8, 4) is 0 Å². The van der Waals surface area contributed by atoms with Crippen molar-refractivity contribution in [3.05, 3.63) is 29.8 Å². The molecule has 0 unspecified atom stereocenters. The summed E-state index contributed by atoms with van der Waals surface area (Å²) in [4.78, 5) is 14.5. The van der Waals surface area contributed by atoms with Gasteiger partial charge >= 0.3 is 0 Å². The zero-order chi connectivity index (χ0) is 12.2. The van der Waals surface area contributed by atoms with Crippen LogP contribution in [-0.2, 0) is 10.2 Å². The van der Waals surface area contributed by atoms with E-state index in [1.165, 1.54) is 36.9 Å². The first-order valence-electron chi connectivity index (χ1n) is 7.21. The van der Waals surface area contributed by atoms with Crippen molar-refractivity contribution in [1.82, 2.24) is 0 Å². The van der Waals surface area contributed by atoms with E-state index in [-0.39, 0.29) is 0 Å². The minimum Gasteiger partial charge on any atom is -0.311 e. The molecule has 1 aromatic rings. The second-order valence-electron chi connectivity index (χ2n) is 6.20. The number of hydrogen-bond acceptors (Lipinski definition) is 1. The summed E-state index contributed by atoms with van der Waals surface area (Å²) in [7, 11) is 0. The first kappa shape index (κ1) is 10.6. The summed E-state index contributed by atoms with van der Waals surface area (Å²) in [5.74, 6) is 0.709. The third-order valence-corrected chi connectivity index (χ3v) is 4.98. The molecule has 0 aromatic heterocycles. The van der Waals surface area contributed by atoms with Crippen LogP contribution >= 0.6 is 0 Å². The lowest BCUT2D eigenvalue weighted by Crippen LogP contribution is -2.36. The van der Waals surface area contributed by atoms with E-state index in [4.69, 9.17) is 0 Å². The van der Waals surface area contributed by atoms with Gasteiger partial charge in [-0.1, -0.05) is 31.0 Å². The van der Waals surface area contributed by atoms with Crippen LogP contribution in [0, 0.1) is 5.92 Å². The molecule has 3 aliphatic rings. The highest BCUT2D eigenvalue weighted by atomic mass is 16.2. The van der Waals surface area contributed by atoms with E-state index in [9.17, 15) is 4.79 Å². The second-order valence-corrected chi connectivity index (χ2v) is 6.20. The fourth-order valence-corrected chi connectivity index (χ4v) is 3.86. The number of carbonyl (C=O) groups excluding carboxylic acids is 1. The van der Waals surface area contributed by atoms with Crippen LogP contribution in [0.5, 0.6) is 0 Å². The van der Waals surface area contributed by atoms with Gasteiger partial charge in [-0.3, -0.25) is 4.79 Å². The average Bonchev–Trinajstić information content (AvgIpc) is 3.08. The summed E-state index contributed by atoms with van der Waals surface area (Å²) in [6.45, 7) is 0.946. The first-order valence-corrected chi connectivity index (χ1v) is 7.21. The van der Waals surface area contributed by atoms with Crippen LogP contribution in [-0.4, -0.2) is 12.5 Å². The molecule has 18 heavy (non-hydrogen) atoms. The Morgan fingerprint density at radius 1 is 1.17 bits per heavy atom. The zero-order valence-corrected chi connectivity index (χ0v) is 10.7. The summed E-state index contributed by atoms with van der Waals surface area (Å²) < 4.78 is 0. The molecule has 2 saturated carbocycles. The molecule has 0 saturated heterocycles. The van der Waals surface area contributed by atoms with Crippen LogP contribution in [0.25, 0.3) is 0 Å². The normalized spacial score (nSPS) is 24.6. The number of para-hydroxylation sites is 1. The molecule has 2 aliphatic carbocycles. The van der Waals surface area contributed by atoms with Gasteiger partial charge in [0, 0.05) is 23.6 Å². The van der Waals surface area contributed by atoms with Crippen molar-refractivity contribution < 1.29 is 4.79 Å². The molecule has 1 aromatic carbocycles. The van der Waals surface area contributed by atoms with E-state index in [2.05, 4.69) is 29.2 Å². The standard InChI is InChI=1S/C16H19NO/c18-15(12-7-8-12)17-11-16(9-3-4-10-16)13-5-1-2-6-14(13)17/h1-2,5-6,12H,3-4,7-11H2. The van der Waals surface area contributed by atoms with Crippen LogP contribution < -0.4 is 4.90 Å². The maximum Gasteiger partial charge on any atom is 0.230 e. The van der Waals surface area contributed by atoms with Crippen LogP contribution in [0.15, 0.2) is 24.3 Å². The summed E-state index contributed by atoms with van der Waals surface area (Å²) in [5.41, 5.74) is 2.94. The number of nitrogens with zero attached hydrogens (tertiary/aromatic N) is 1. The maximum absolute atomic E-state index is 12.4. The van der Waals surface area contributed by atoms with E-state index in [1.807, 2.05) is 0 Å². The van der Waals surface area contributed by atoms with Crippen LogP contribution in [0.3, 0.4) is 0 Å². The fraction of sp³-hybridized carbons (Fsp3) is 0.562. The van der Waals surface area contributed by atoms with Gasteiger partial charge in [-0.25, -0.2) is 0 Å². The number of anilines is 1. The molecule has 2 heteroatoms. The molecule has 1 spiro atoms. The number of benzene rings is 1. The van der Waals surface area contributed by atoms with Gasteiger partial charge in [0.1, 0.15) is 0 Å². The topological polar surface area (TPSA) is 20.3 Å². The third kappa shape index (κ3) is 1.38. The van der Waals surface area contributed by atoms with E-state index in [0.717, 1.165) is 19.4 Å². The fourth-order valence-electron chi connectivity index (χ4n) is 3.86. The van der Waals surface area contributed by atoms with Gasteiger partial charge in [-0.2, -0.15) is 0 Å². The van der Waals surface area contributed by atoms with Crippen molar-refractivity contribution in [3.63, 3.8) is 0 Å². The molecule has 0 radical (unpaired) electrons. The SMILES string of the molecule is O=C(C1CC1)N1CC2(CCCC2)c2ccccc21. The molecule has 2 nitrogen and oxygen atoms in total. The van der Waals surface area contributed by atoms with Gasteiger partial charge in [0.05, 0.1) is 0 Å². The van der Waals surface area contributed by atoms with Gasteiger partial charge in [0.2, 0.25) is 5.91 Å². The smallest absolute Gasteiger partial charge is 0.230 e. The lowest BCUT2D eigenvalue weighted by Gasteiger charge is -2.24. The van der Waals surface area contributed by atoms with Gasteiger partial charge in [0.15, 0.2) is 0 Å². The molecular weight excluding hydrogens is 222 g/mol. The molecule has 1 heterocycles.